The van der Waals surface area contributed by atoms with Gasteiger partial charge >= 0.3 is 5.97 Å². The van der Waals surface area contributed by atoms with Crippen molar-refractivity contribution in [1.29, 1.82) is 0 Å². The molecule has 162 valence electrons. The van der Waals surface area contributed by atoms with E-state index in [0.29, 0.717) is 41.3 Å². The van der Waals surface area contributed by atoms with Gasteiger partial charge in [-0.3, -0.25) is 0 Å². The average molecular weight is 416 g/mol. The Morgan fingerprint density at radius 3 is 2.10 bits per heavy atom. The first kappa shape index (κ1) is 21.6. The van der Waals surface area contributed by atoms with E-state index in [4.69, 9.17) is 28.8 Å². The molecule has 0 radical (unpaired) electrons. The van der Waals surface area contributed by atoms with Crippen LogP contribution in [0.2, 0.25) is 0 Å². The Kier molecular flexibility index (Phi) is 6.92. The topological polar surface area (TPSA) is 83.5 Å². The molecule has 0 spiro atoms. The van der Waals surface area contributed by atoms with Crippen LogP contribution in [0.4, 0.5) is 0 Å². The van der Waals surface area contributed by atoms with Crippen LogP contribution in [0.1, 0.15) is 46.7 Å². The van der Waals surface area contributed by atoms with Crippen LogP contribution in [0.5, 0.6) is 28.7 Å². The van der Waals surface area contributed by atoms with E-state index in [1.54, 1.807) is 52.7 Å². The minimum Gasteiger partial charge on any atom is -0.494 e. The Labute approximate surface area is 176 Å². The van der Waals surface area contributed by atoms with Crippen molar-refractivity contribution >= 4 is 5.97 Å². The maximum absolute atomic E-state index is 10.9. The summed E-state index contributed by atoms with van der Waals surface area (Å²) in [5.41, 5.74) is 2.48. The van der Waals surface area contributed by atoms with Crippen LogP contribution < -0.4 is 23.7 Å². The summed E-state index contributed by atoms with van der Waals surface area (Å²) in [6.07, 6.45) is 3.66. The Hall–Kier alpha value is -3.09. The molecule has 0 heterocycles. The Morgan fingerprint density at radius 1 is 0.933 bits per heavy atom. The summed E-state index contributed by atoms with van der Waals surface area (Å²) in [6, 6.07) is 6.45. The lowest BCUT2D eigenvalue weighted by molar-refractivity contribution is 0.0697. The van der Waals surface area contributed by atoms with E-state index in [1.165, 1.54) is 0 Å². The predicted molar refractivity (Wildman–Crippen MR) is 112 cm³/mol. The highest BCUT2D eigenvalue weighted by molar-refractivity contribution is 5.87. The van der Waals surface area contributed by atoms with E-state index >= 15 is 0 Å². The summed E-state index contributed by atoms with van der Waals surface area (Å²) in [5, 5.41) is 8.96. The molecule has 0 bridgehead atoms. The van der Waals surface area contributed by atoms with Crippen molar-refractivity contribution in [2.75, 3.05) is 35.0 Å². The molecule has 2 aromatic carbocycles. The van der Waals surface area contributed by atoms with E-state index in [-0.39, 0.29) is 5.56 Å². The van der Waals surface area contributed by atoms with Crippen molar-refractivity contribution in [3.63, 3.8) is 0 Å². The van der Waals surface area contributed by atoms with Gasteiger partial charge in [0.25, 0.3) is 0 Å². The van der Waals surface area contributed by atoms with E-state index in [2.05, 4.69) is 0 Å². The SMILES string of the molecule is COc1c2c(c(OC)c(OC)c1OC)C(CCCOc1ccc(C(=O)O)cc1)CC2. The quantitative estimate of drug-likeness (QED) is 0.578. The number of rotatable bonds is 10. The second kappa shape index (κ2) is 9.61. The molecule has 7 nitrogen and oxygen atoms in total. The van der Waals surface area contributed by atoms with Gasteiger partial charge in [-0.05, 0) is 55.9 Å². The first-order chi connectivity index (χ1) is 14.5. The van der Waals surface area contributed by atoms with Crippen molar-refractivity contribution in [3.8, 4) is 28.7 Å². The van der Waals surface area contributed by atoms with Gasteiger partial charge in [-0.1, -0.05) is 0 Å². The second-order valence-electron chi connectivity index (χ2n) is 7.08. The Bertz CT molecular complexity index is 890. The summed E-state index contributed by atoms with van der Waals surface area (Å²) in [5.74, 6) is 2.55. The summed E-state index contributed by atoms with van der Waals surface area (Å²) >= 11 is 0. The van der Waals surface area contributed by atoms with E-state index in [1.807, 2.05) is 0 Å². The normalized spacial score (nSPS) is 14.7. The van der Waals surface area contributed by atoms with Crippen LogP contribution in [0.15, 0.2) is 24.3 Å². The molecular weight excluding hydrogens is 388 g/mol. The zero-order chi connectivity index (χ0) is 21.7. The number of fused-ring (bicyclic) bond motifs is 1. The van der Waals surface area contributed by atoms with Gasteiger partial charge in [0.05, 0.1) is 40.6 Å². The molecule has 0 saturated carbocycles. The third kappa shape index (κ3) is 4.10. The van der Waals surface area contributed by atoms with Crippen LogP contribution in [-0.4, -0.2) is 46.1 Å². The number of aromatic carboxylic acids is 1. The molecule has 0 amide bonds. The molecule has 1 aliphatic carbocycles. The molecule has 0 aliphatic heterocycles. The average Bonchev–Trinajstić information content (AvgIpc) is 3.18. The van der Waals surface area contributed by atoms with Gasteiger partial charge < -0.3 is 28.8 Å². The molecule has 3 rings (SSSR count). The lowest BCUT2D eigenvalue weighted by Gasteiger charge is -2.22. The molecule has 1 aliphatic rings. The van der Waals surface area contributed by atoms with E-state index in [9.17, 15) is 4.79 Å². The molecule has 1 N–H and O–H groups in total. The lowest BCUT2D eigenvalue weighted by Crippen LogP contribution is -2.06. The van der Waals surface area contributed by atoms with E-state index < -0.39 is 5.97 Å². The first-order valence-corrected chi connectivity index (χ1v) is 9.90. The molecule has 0 saturated heterocycles. The minimum absolute atomic E-state index is 0.246. The third-order valence-electron chi connectivity index (χ3n) is 5.50. The highest BCUT2D eigenvalue weighted by atomic mass is 16.5. The molecule has 1 atom stereocenters. The second-order valence-corrected chi connectivity index (χ2v) is 7.08. The van der Waals surface area contributed by atoms with Crippen LogP contribution in [0, 0.1) is 0 Å². The molecule has 2 aromatic rings. The standard InChI is InChI=1S/C23H28O7/c1-26-19-17-12-9-14(18(17)20(27-2)22(29-4)21(19)28-3)6-5-13-30-16-10-7-15(8-11-16)23(24)25/h7-8,10-11,14H,5-6,9,12-13H2,1-4H3,(H,24,25). The van der Waals surface area contributed by atoms with Crippen molar-refractivity contribution in [1.82, 2.24) is 0 Å². The number of carboxylic acids is 1. The summed E-state index contributed by atoms with van der Waals surface area (Å²) in [6.45, 7) is 0.547. The molecule has 0 fully saturated rings. The van der Waals surface area contributed by atoms with Gasteiger partial charge in [0, 0.05) is 11.1 Å². The van der Waals surface area contributed by atoms with Gasteiger partial charge in [0.2, 0.25) is 11.5 Å². The van der Waals surface area contributed by atoms with Gasteiger partial charge in [0.15, 0.2) is 11.5 Å². The zero-order valence-electron chi connectivity index (χ0n) is 17.8. The van der Waals surface area contributed by atoms with E-state index in [0.717, 1.165) is 36.8 Å². The fraction of sp³-hybridized carbons (Fsp3) is 0.435. The molecule has 1 unspecified atom stereocenters. The predicted octanol–water partition coefficient (Wildman–Crippen LogP) is 4.31. The molecule has 30 heavy (non-hydrogen) atoms. The number of carboxylic acid groups (broad SMARTS) is 1. The van der Waals surface area contributed by atoms with Gasteiger partial charge in [0.1, 0.15) is 5.75 Å². The summed E-state index contributed by atoms with van der Waals surface area (Å²) < 4.78 is 28.3. The number of benzene rings is 2. The highest BCUT2D eigenvalue weighted by Crippen LogP contribution is 2.56. The minimum atomic E-state index is -0.946. The smallest absolute Gasteiger partial charge is 0.335 e. The Balaban J connectivity index is 1.71. The number of hydrogen-bond acceptors (Lipinski definition) is 6. The van der Waals surface area contributed by atoms with Crippen molar-refractivity contribution in [2.45, 2.75) is 31.6 Å². The number of methoxy groups -OCH3 is 4. The lowest BCUT2D eigenvalue weighted by atomic mass is 9.94. The zero-order valence-corrected chi connectivity index (χ0v) is 17.8. The molecule has 0 aromatic heterocycles. The van der Waals surface area contributed by atoms with Crippen molar-refractivity contribution in [3.05, 3.63) is 41.0 Å². The van der Waals surface area contributed by atoms with Crippen molar-refractivity contribution in [2.24, 2.45) is 0 Å². The highest BCUT2D eigenvalue weighted by Gasteiger charge is 2.35. The van der Waals surface area contributed by atoms with Crippen molar-refractivity contribution < 1.29 is 33.6 Å². The van der Waals surface area contributed by atoms with Gasteiger partial charge in [-0.25, -0.2) is 4.79 Å². The maximum atomic E-state index is 10.9. The van der Waals surface area contributed by atoms with Crippen LogP contribution in [0.3, 0.4) is 0 Å². The molecular formula is C23H28O7. The number of carbonyl (C=O) groups is 1. The summed E-state index contributed by atoms with van der Waals surface area (Å²) in [4.78, 5) is 10.9. The monoisotopic (exact) mass is 416 g/mol. The fourth-order valence-electron chi connectivity index (χ4n) is 4.16. The Morgan fingerprint density at radius 2 is 1.53 bits per heavy atom. The van der Waals surface area contributed by atoms with Crippen LogP contribution >= 0.6 is 0 Å². The van der Waals surface area contributed by atoms with Crippen LogP contribution in [-0.2, 0) is 6.42 Å². The fourth-order valence-corrected chi connectivity index (χ4v) is 4.16. The third-order valence-corrected chi connectivity index (χ3v) is 5.50. The first-order valence-electron chi connectivity index (χ1n) is 9.90. The summed E-state index contributed by atoms with van der Waals surface area (Å²) in [7, 11) is 6.47. The number of hydrogen-bond donors (Lipinski definition) is 1. The van der Waals surface area contributed by atoms with Gasteiger partial charge in [-0.15, -0.1) is 0 Å². The van der Waals surface area contributed by atoms with Crippen LogP contribution in [0.25, 0.3) is 0 Å². The number of ether oxygens (including phenoxy) is 5. The van der Waals surface area contributed by atoms with Gasteiger partial charge in [-0.2, -0.15) is 0 Å². The molecule has 7 heteroatoms. The maximum Gasteiger partial charge on any atom is 0.335 e. The largest absolute Gasteiger partial charge is 0.494 e.